The average Bonchev–Trinajstić information content (AvgIpc) is 2.58. The first-order valence-corrected chi connectivity index (χ1v) is 10.2. The predicted molar refractivity (Wildman–Crippen MR) is 101 cm³/mol. The zero-order valence-electron chi connectivity index (χ0n) is 15.1. The Morgan fingerprint density at radius 1 is 1.20 bits per heavy atom. The standard InChI is InChI=1S/C17H30N4O3S/c1-3-5-11-24-12-7-10-20-17(19-4-2)21-14-15-8-6-9-16(13-15)25(18,22)23/h6,8-9,13H,3-5,7,10-12,14H2,1-2H3,(H2,18,22,23)(H2,19,20,21). The first kappa shape index (κ1) is 21.4. The molecule has 0 heterocycles. The van der Waals surface area contributed by atoms with Gasteiger partial charge in [-0.3, -0.25) is 0 Å². The fourth-order valence-electron chi connectivity index (χ4n) is 2.06. The number of guanidine groups is 1. The Labute approximate surface area is 151 Å². The molecule has 0 aromatic heterocycles. The summed E-state index contributed by atoms with van der Waals surface area (Å²) in [7, 11) is -3.70. The molecule has 1 aromatic rings. The van der Waals surface area contributed by atoms with Crippen LogP contribution in [-0.4, -0.2) is 40.7 Å². The molecule has 0 aliphatic carbocycles. The molecular formula is C17H30N4O3S. The van der Waals surface area contributed by atoms with Crippen LogP contribution < -0.4 is 15.8 Å². The van der Waals surface area contributed by atoms with E-state index in [-0.39, 0.29) is 4.90 Å². The van der Waals surface area contributed by atoms with Crippen molar-refractivity contribution in [1.82, 2.24) is 10.6 Å². The predicted octanol–water partition coefficient (Wildman–Crippen LogP) is 1.60. The monoisotopic (exact) mass is 370 g/mol. The smallest absolute Gasteiger partial charge is 0.238 e. The number of aliphatic imine (C=N–C) groups is 1. The van der Waals surface area contributed by atoms with E-state index in [1.807, 2.05) is 13.0 Å². The van der Waals surface area contributed by atoms with Gasteiger partial charge in [0.15, 0.2) is 5.96 Å². The maximum atomic E-state index is 11.4. The molecule has 0 atom stereocenters. The maximum absolute atomic E-state index is 11.4. The van der Waals surface area contributed by atoms with Crippen molar-refractivity contribution in [3.8, 4) is 0 Å². The fraction of sp³-hybridized carbons (Fsp3) is 0.588. The summed E-state index contributed by atoms with van der Waals surface area (Å²) in [5.74, 6) is 0.692. The van der Waals surface area contributed by atoms with Gasteiger partial charge in [0.2, 0.25) is 10.0 Å². The van der Waals surface area contributed by atoms with Crippen LogP contribution in [0.4, 0.5) is 0 Å². The van der Waals surface area contributed by atoms with Crippen LogP contribution in [-0.2, 0) is 21.3 Å². The molecule has 0 radical (unpaired) electrons. The number of hydrogen-bond acceptors (Lipinski definition) is 4. The molecule has 0 spiro atoms. The van der Waals surface area contributed by atoms with Crippen molar-refractivity contribution in [3.05, 3.63) is 29.8 Å². The zero-order valence-corrected chi connectivity index (χ0v) is 15.9. The van der Waals surface area contributed by atoms with Crippen LogP contribution in [0.25, 0.3) is 0 Å². The molecule has 7 nitrogen and oxygen atoms in total. The Balaban J connectivity index is 2.50. The van der Waals surface area contributed by atoms with E-state index in [4.69, 9.17) is 9.88 Å². The highest BCUT2D eigenvalue weighted by Gasteiger charge is 2.07. The summed E-state index contributed by atoms with van der Waals surface area (Å²) in [5, 5.41) is 11.6. The van der Waals surface area contributed by atoms with Gasteiger partial charge < -0.3 is 15.4 Å². The molecule has 0 amide bonds. The lowest BCUT2D eigenvalue weighted by Gasteiger charge is -2.11. The first-order valence-electron chi connectivity index (χ1n) is 8.69. The van der Waals surface area contributed by atoms with E-state index >= 15 is 0 Å². The molecule has 1 aromatic carbocycles. The van der Waals surface area contributed by atoms with E-state index in [1.165, 1.54) is 6.07 Å². The van der Waals surface area contributed by atoms with Gasteiger partial charge in [-0.15, -0.1) is 0 Å². The number of benzene rings is 1. The van der Waals surface area contributed by atoms with Crippen molar-refractivity contribution < 1.29 is 13.2 Å². The SMILES string of the molecule is CCCCOCCCNC(=NCc1cccc(S(N)(=O)=O)c1)NCC. The molecule has 8 heteroatoms. The highest BCUT2D eigenvalue weighted by atomic mass is 32.2. The van der Waals surface area contributed by atoms with E-state index < -0.39 is 10.0 Å². The summed E-state index contributed by atoms with van der Waals surface area (Å²) in [5.41, 5.74) is 0.784. The van der Waals surface area contributed by atoms with E-state index in [0.717, 1.165) is 51.1 Å². The molecule has 0 aliphatic heterocycles. The highest BCUT2D eigenvalue weighted by molar-refractivity contribution is 7.89. The minimum atomic E-state index is -3.70. The summed E-state index contributed by atoms with van der Waals surface area (Å²) in [6.45, 7) is 7.54. The van der Waals surface area contributed by atoms with Crippen molar-refractivity contribution in [1.29, 1.82) is 0 Å². The number of rotatable bonds is 11. The van der Waals surface area contributed by atoms with Gasteiger partial charge in [0.1, 0.15) is 0 Å². The Morgan fingerprint density at radius 3 is 2.64 bits per heavy atom. The molecule has 0 bridgehead atoms. The Kier molecular flexibility index (Phi) is 10.1. The van der Waals surface area contributed by atoms with Crippen LogP contribution in [0.1, 0.15) is 38.7 Å². The van der Waals surface area contributed by atoms with Crippen molar-refractivity contribution >= 4 is 16.0 Å². The van der Waals surface area contributed by atoms with E-state index in [9.17, 15) is 8.42 Å². The highest BCUT2D eigenvalue weighted by Crippen LogP contribution is 2.10. The maximum Gasteiger partial charge on any atom is 0.238 e. The molecule has 0 aliphatic rings. The third-order valence-electron chi connectivity index (χ3n) is 3.39. The van der Waals surface area contributed by atoms with Crippen molar-refractivity contribution in [2.75, 3.05) is 26.3 Å². The molecule has 1 rings (SSSR count). The third-order valence-corrected chi connectivity index (χ3v) is 4.30. The van der Waals surface area contributed by atoms with Gasteiger partial charge >= 0.3 is 0 Å². The first-order chi connectivity index (χ1) is 12.0. The summed E-state index contributed by atoms with van der Waals surface area (Å²) >= 11 is 0. The minimum Gasteiger partial charge on any atom is -0.381 e. The van der Waals surface area contributed by atoms with Crippen LogP contribution >= 0.6 is 0 Å². The van der Waals surface area contributed by atoms with E-state index in [1.54, 1.807) is 12.1 Å². The number of nitrogens with zero attached hydrogens (tertiary/aromatic N) is 1. The van der Waals surface area contributed by atoms with Gasteiger partial charge in [-0.1, -0.05) is 25.5 Å². The second-order valence-electron chi connectivity index (χ2n) is 5.63. The second-order valence-corrected chi connectivity index (χ2v) is 7.20. The molecule has 0 saturated carbocycles. The largest absolute Gasteiger partial charge is 0.381 e. The average molecular weight is 371 g/mol. The van der Waals surface area contributed by atoms with Crippen LogP contribution in [0, 0.1) is 0 Å². The van der Waals surface area contributed by atoms with Crippen molar-refractivity contribution in [2.24, 2.45) is 10.1 Å². The second kappa shape index (κ2) is 11.8. The lowest BCUT2D eigenvalue weighted by atomic mass is 10.2. The Bertz CT molecular complexity index is 633. The molecule has 0 saturated heterocycles. The molecule has 4 N–H and O–H groups in total. The zero-order chi connectivity index (χ0) is 18.5. The Hall–Kier alpha value is -1.64. The molecule has 0 unspecified atom stereocenters. The van der Waals surface area contributed by atoms with Crippen LogP contribution in [0.2, 0.25) is 0 Å². The van der Waals surface area contributed by atoms with Gasteiger partial charge in [0.25, 0.3) is 0 Å². The van der Waals surface area contributed by atoms with Gasteiger partial charge in [-0.05, 0) is 37.5 Å². The topological polar surface area (TPSA) is 106 Å². The van der Waals surface area contributed by atoms with Crippen molar-refractivity contribution in [2.45, 2.75) is 44.6 Å². The van der Waals surface area contributed by atoms with Crippen LogP contribution in [0.3, 0.4) is 0 Å². The van der Waals surface area contributed by atoms with E-state index in [2.05, 4.69) is 22.5 Å². The van der Waals surface area contributed by atoms with Gasteiger partial charge in [-0.2, -0.15) is 0 Å². The quantitative estimate of drug-likeness (QED) is 0.312. The number of hydrogen-bond donors (Lipinski definition) is 3. The number of nitrogens with one attached hydrogen (secondary N) is 2. The van der Waals surface area contributed by atoms with E-state index in [0.29, 0.717) is 12.5 Å². The normalized spacial score (nSPS) is 12.2. The molecule has 25 heavy (non-hydrogen) atoms. The van der Waals surface area contributed by atoms with Gasteiger partial charge in [0, 0.05) is 26.3 Å². The molecular weight excluding hydrogens is 340 g/mol. The number of nitrogens with two attached hydrogens (primary N) is 1. The number of unbranched alkanes of at least 4 members (excludes halogenated alkanes) is 1. The summed E-state index contributed by atoms with van der Waals surface area (Å²) in [6, 6.07) is 6.51. The lowest BCUT2D eigenvalue weighted by molar-refractivity contribution is 0.129. The van der Waals surface area contributed by atoms with Crippen LogP contribution in [0.15, 0.2) is 34.2 Å². The third kappa shape index (κ3) is 9.42. The molecule has 0 fully saturated rings. The number of primary sulfonamides is 1. The lowest BCUT2D eigenvalue weighted by Crippen LogP contribution is -2.38. The Morgan fingerprint density at radius 2 is 1.96 bits per heavy atom. The summed E-state index contributed by atoms with van der Waals surface area (Å²) in [4.78, 5) is 4.57. The van der Waals surface area contributed by atoms with Crippen LogP contribution in [0.5, 0.6) is 0 Å². The number of sulfonamides is 1. The fourth-order valence-corrected chi connectivity index (χ4v) is 2.65. The summed E-state index contributed by atoms with van der Waals surface area (Å²) in [6.07, 6.45) is 3.13. The van der Waals surface area contributed by atoms with Gasteiger partial charge in [0.05, 0.1) is 11.4 Å². The van der Waals surface area contributed by atoms with Gasteiger partial charge in [-0.25, -0.2) is 18.5 Å². The molecule has 142 valence electrons. The summed E-state index contributed by atoms with van der Waals surface area (Å²) < 4.78 is 28.3. The minimum absolute atomic E-state index is 0.0994. The number of ether oxygens (including phenoxy) is 1. The van der Waals surface area contributed by atoms with Crippen molar-refractivity contribution in [3.63, 3.8) is 0 Å².